The number of nitrogens with one attached hydrogen (secondary N) is 2. The second kappa shape index (κ2) is 10.2. The summed E-state index contributed by atoms with van der Waals surface area (Å²) in [7, 11) is 0. The maximum Gasteiger partial charge on any atom is 0.274 e. The molecular formula is C26H31N7O2. The predicted molar refractivity (Wildman–Crippen MR) is 134 cm³/mol. The third-order valence-corrected chi connectivity index (χ3v) is 6.06. The highest BCUT2D eigenvalue weighted by atomic mass is 16.2. The molecule has 4 rings (SSSR count). The monoisotopic (exact) mass is 473 g/mol. The summed E-state index contributed by atoms with van der Waals surface area (Å²) in [5.74, 6) is -0.508. The van der Waals surface area contributed by atoms with Gasteiger partial charge in [-0.15, -0.1) is 0 Å². The van der Waals surface area contributed by atoms with Crippen LogP contribution in [0.3, 0.4) is 0 Å². The first-order chi connectivity index (χ1) is 16.7. The van der Waals surface area contributed by atoms with Crippen molar-refractivity contribution in [3.05, 3.63) is 71.8 Å². The summed E-state index contributed by atoms with van der Waals surface area (Å²) in [6.45, 7) is 8.51. The number of nitrogen functional groups attached to an aromatic ring is 1. The molecule has 182 valence electrons. The van der Waals surface area contributed by atoms with Gasteiger partial charge in [0.05, 0.1) is 24.1 Å². The van der Waals surface area contributed by atoms with Gasteiger partial charge in [0.2, 0.25) is 0 Å². The molecule has 2 amide bonds. The van der Waals surface area contributed by atoms with E-state index < -0.39 is 0 Å². The Labute approximate surface area is 205 Å². The summed E-state index contributed by atoms with van der Waals surface area (Å²) in [4.78, 5) is 40.9. The number of hydrogen-bond donors (Lipinski definition) is 3. The molecule has 0 spiro atoms. The van der Waals surface area contributed by atoms with E-state index in [9.17, 15) is 9.59 Å². The Morgan fingerprint density at radius 2 is 1.94 bits per heavy atom. The summed E-state index contributed by atoms with van der Waals surface area (Å²) >= 11 is 0. The first-order valence-electron chi connectivity index (χ1n) is 11.7. The van der Waals surface area contributed by atoms with Crippen molar-refractivity contribution >= 4 is 17.6 Å². The van der Waals surface area contributed by atoms with Crippen molar-refractivity contribution in [3.63, 3.8) is 0 Å². The van der Waals surface area contributed by atoms with Crippen molar-refractivity contribution in [1.29, 1.82) is 0 Å². The third-order valence-electron chi connectivity index (χ3n) is 6.06. The van der Waals surface area contributed by atoms with E-state index in [2.05, 4.69) is 51.3 Å². The molecule has 0 bridgehead atoms. The topological polar surface area (TPSA) is 126 Å². The fourth-order valence-electron chi connectivity index (χ4n) is 4.04. The van der Waals surface area contributed by atoms with Crippen LogP contribution in [0.25, 0.3) is 11.3 Å². The lowest BCUT2D eigenvalue weighted by molar-refractivity contribution is 0.0925. The van der Waals surface area contributed by atoms with Crippen LogP contribution in [-0.4, -0.2) is 56.3 Å². The van der Waals surface area contributed by atoms with Crippen LogP contribution in [0.1, 0.15) is 53.7 Å². The molecule has 3 aromatic rings. The third kappa shape index (κ3) is 5.99. The maximum atomic E-state index is 13.0. The van der Waals surface area contributed by atoms with Crippen LogP contribution in [0.2, 0.25) is 0 Å². The van der Waals surface area contributed by atoms with E-state index in [0.717, 1.165) is 25.2 Å². The number of nitrogens with zero attached hydrogens (tertiary/aromatic N) is 4. The highest BCUT2D eigenvalue weighted by Gasteiger charge is 2.31. The molecule has 9 nitrogen and oxygen atoms in total. The molecule has 0 aliphatic carbocycles. The van der Waals surface area contributed by atoms with Crippen molar-refractivity contribution in [1.82, 2.24) is 30.5 Å². The number of aromatic nitrogens is 3. The molecule has 0 radical (unpaired) electrons. The number of benzene rings is 1. The molecule has 3 heterocycles. The largest absolute Gasteiger partial charge is 0.382 e. The Balaban J connectivity index is 1.46. The Kier molecular flexibility index (Phi) is 7.07. The van der Waals surface area contributed by atoms with Crippen LogP contribution in [0.4, 0.5) is 5.82 Å². The summed E-state index contributed by atoms with van der Waals surface area (Å²) in [5.41, 5.74) is 8.50. The van der Waals surface area contributed by atoms with Crippen LogP contribution >= 0.6 is 0 Å². The van der Waals surface area contributed by atoms with Crippen molar-refractivity contribution in [3.8, 4) is 11.3 Å². The summed E-state index contributed by atoms with van der Waals surface area (Å²) in [5, 5.41) is 5.91. The average molecular weight is 474 g/mol. The van der Waals surface area contributed by atoms with Gasteiger partial charge < -0.3 is 16.4 Å². The number of likely N-dealkylation sites (tertiary alicyclic amines) is 1. The fourth-order valence-corrected chi connectivity index (χ4v) is 4.04. The molecule has 9 heteroatoms. The van der Waals surface area contributed by atoms with Crippen LogP contribution < -0.4 is 16.4 Å². The Hall–Kier alpha value is -3.85. The van der Waals surface area contributed by atoms with E-state index in [-0.39, 0.29) is 34.9 Å². The fraction of sp³-hybridized carbons (Fsp3) is 0.346. The number of carbonyl (C=O) groups excluding carboxylic acids is 2. The van der Waals surface area contributed by atoms with Crippen molar-refractivity contribution in [2.45, 2.75) is 45.3 Å². The number of nitrogens with two attached hydrogens (primary N) is 1. The standard InChI is InChI=1S/C26H31N7O2/c1-26(2,3)33-12-10-20(16-33)31-25(35)22-23(27)29-15-21(32-22)17-7-6-8-18(13-17)24(34)30-14-19-9-4-5-11-28-19/h4-9,11,13,15,20H,10,12,14,16H2,1-3H3,(H2,27,29)(H,30,34)(H,31,35)/t20-/m0/s1. The average Bonchev–Trinajstić information content (AvgIpc) is 3.32. The van der Waals surface area contributed by atoms with Gasteiger partial charge in [0, 0.05) is 42.0 Å². The lowest BCUT2D eigenvalue weighted by Gasteiger charge is -2.31. The number of pyridine rings is 1. The number of hydrogen-bond acceptors (Lipinski definition) is 7. The second-order valence-electron chi connectivity index (χ2n) is 9.65. The zero-order chi connectivity index (χ0) is 25.0. The number of carbonyl (C=O) groups is 2. The minimum absolute atomic E-state index is 0.0257. The molecule has 0 unspecified atom stereocenters. The van der Waals surface area contributed by atoms with Crippen molar-refractivity contribution in [2.75, 3.05) is 18.8 Å². The maximum absolute atomic E-state index is 13.0. The SMILES string of the molecule is CC(C)(C)N1CC[C@H](NC(=O)c2nc(-c3cccc(C(=O)NCc4ccccn4)c3)cnc2N)C1. The van der Waals surface area contributed by atoms with E-state index in [1.54, 1.807) is 24.4 Å². The molecule has 4 N–H and O–H groups in total. The van der Waals surface area contributed by atoms with E-state index in [1.807, 2.05) is 24.3 Å². The lowest BCUT2D eigenvalue weighted by atomic mass is 10.1. The van der Waals surface area contributed by atoms with Gasteiger partial charge >= 0.3 is 0 Å². The van der Waals surface area contributed by atoms with Gasteiger partial charge in [0.25, 0.3) is 11.8 Å². The minimum atomic E-state index is -0.345. The van der Waals surface area contributed by atoms with Gasteiger partial charge in [0.1, 0.15) is 0 Å². The van der Waals surface area contributed by atoms with Crippen molar-refractivity contribution in [2.24, 2.45) is 0 Å². The molecule has 1 aromatic carbocycles. The van der Waals surface area contributed by atoms with Gasteiger partial charge in [-0.1, -0.05) is 18.2 Å². The van der Waals surface area contributed by atoms with Gasteiger partial charge in [0.15, 0.2) is 11.5 Å². The summed E-state index contributed by atoms with van der Waals surface area (Å²) < 4.78 is 0. The molecule has 1 fully saturated rings. The first-order valence-corrected chi connectivity index (χ1v) is 11.7. The van der Waals surface area contributed by atoms with E-state index in [1.165, 1.54) is 6.20 Å². The van der Waals surface area contributed by atoms with E-state index >= 15 is 0 Å². The zero-order valence-corrected chi connectivity index (χ0v) is 20.3. The smallest absolute Gasteiger partial charge is 0.274 e. The van der Waals surface area contributed by atoms with Gasteiger partial charge in [-0.05, 0) is 51.5 Å². The highest BCUT2D eigenvalue weighted by Crippen LogP contribution is 2.22. The number of anilines is 1. The number of amides is 2. The Morgan fingerprint density at radius 1 is 1.11 bits per heavy atom. The summed E-state index contributed by atoms with van der Waals surface area (Å²) in [6.07, 6.45) is 4.06. The molecule has 35 heavy (non-hydrogen) atoms. The first kappa shape index (κ1) is 24.3. The molecule has 0 saturated carbocycles. The Bertz CT molecular complexity index is 1210. The highest BCUT2D eigenvalue weighted by molar-refractivity contribution is 5.97. The molecule has 1 saturated heterocycles. The van der Waals surface area contributed by atoms with E-state index in [4.69, 9.17) is 5.73 Å². The predicted octanol–water partition coefficient (Wildman–Crippen LogP) is 2.65. The minimum Gasteiger partial charge on any atom is -0.382 e. The van der Waals surface area contributed by atoms with E-state index in [0.29, 0.717) is 23.4 Å². The second-order valence-corrected chi connectivity index (χ2v) is 9.65. The molecule has 1 atom stereocenters. The lowest BCUT2D eigenvalue weighted by Crippen LogP contribution is -2.43. The van der Waals surface area contributed by atoms with Crippen LogP contribution in [0.5, 0.6) is 0 Å². The molecule has 2 aromatic heterocycles. The Morgan fingerprint density at radius 3 is 2.66 bits per heavy atom. The van der Waals surface area contributed by atoms with Crippen LogP contribution in [0, 0.1) is 0 Å². The zero-order valence-electron chi connectivity index (χ0n) is 20.3. The quantitative estimate of drug-likeness (QED) is 0.502. The van der Waals surface area contributed by atoms with Crippen LogP contribution in [0.15, 0.2) is 54.9 Å². The summed E-state index contributed by atoms with van der Waals surface area (Å²) in [6, 6.07) is 12.6. The molecular weight excluding hydrogens is 442 g/mol. The van der Waals surface area contributed by atoms with Gasteiger partial charge in [-0.3, -0.25) is 19.5 Å². The molecule has 1 aliphatic rings. The van der Waals surface area contributed by atoms with Crippen molar-refractivity contribution < 1.29 is 9.59 Å². The number of rotatable bonds is 6. The van der Waals surface area contributed by atoms with Gasteiger partial charge in [-0.25, -0.2) is 9.97 Å². The van der Waals surface area contributed by atoms with Gasteiger partial charge in [-0.2, -0.15) is 0 Å². The van der Waals surface area contributed by atoms with Crippen LogP contribution in [-0.2, 0) is 6.54 Å². The normalized spacial score (nSPS) is 16.1. The molecule has 1 aliphatic heterocycles.